The third kappa shape index (κ3) is 5.25. The molecule has 3 rings (SSSR count). The van der Waals surface area contributed by atoms with E-state index in [0.29, 0.717) is 12.1 Å². The zero-order valence-corrected chi connectivity index (χ0v) is 14.8. The minimum absolute atomic E-state index is 0.210. The molecule has 1 saturated heterocycles. The first-order chi connectivity index (χ1) is 12.1. The minimum Gasteiger partial charge on any atom is -0.387 e. The van der Waals surface area contributed by atoms with Crippen LogP contribution in [0.25, 0.3) is 0 Å². The standard InChI is InChI=1S/C20H29FN2O2/c21-17-8-4-7-16(13-17)19(24)14-23-11-9-18(10-12-23)22-20(25)15-5-2-1-3-6-15/h4,7-8,13,15,18-19,24H,1-3,5-6,9-12,14H2,(H,22,25). The number of aliphatic hydroxyl groups excluding tert-OH is 1. The number of nitrogens with one attached hydrogen (secondary N) is 1. The van der Waals surface area contributed by atoms with E-state index in [1.807, 2.05) is 0 Å². The predicted octanol–water partition coefficient (Wildman–Crippen LogP) is 3.02. The van der Waals surface area contributed by atoms with E-state index < -0.39 is 6.10 Å². The highest BCUT2D eigenvalue weighted by molar-refractivity contribution is 5.79. The SMILES string of the molecule is O=C(NC1CCN(CC(O)c2cccc(F)c2)CC1)C1CCCCC1. The fraction of sp³-hybridized carbons (Fsp3) is 0.650. The Morgan fingerprint density at radius 1 is 1.20 bits per heavy atom. The van der Waals surface area contributed by atoms with Crippen LogP contribution in [-0.4, -0.2) is 41.6 Å². The van der Waals surface area contributed by atoms with E-state index in [1.54, 1.807) is 12.1 Å². The first-order valence-corrected chi connectivity index (χ1v) is 9.58. The number of carbonyl (C=O) groups excluding carboxylic acids is 1. The van der Waals surface area contributed by atoms with Gasteiger partial charge < -0.3 is 15.3 Å². The number of piperidine rings is 1. The Morgan fingerprint density at radius 3 is 2.60 bits per heavy atom. The van der Waals surface area contributed by atoms with Crippen molar-refractivity contribution in [1.82, 2.24) is 10.2 Å². The normalized spacial score (nSPS) is 21.8. The van der Waals surface area contributed by atoms with Crippen molar-refractivity contribution in [3.05, 3.63) is 35.6 Å². The van der Waals surface area contributed by atoms with Gasteiger partial charge >= 0.3 is 0 Å². The summed E-state index contributed by atoms with van der Waals surface area (Å²) < 4.78 is 13.3. The van der Waals surface area contributed by atoms with Gasteiger partial charge in [-0.05, 0) is 43.4 Å². The number of hydrogen-bond donors (Lipinski definition) is 2. The molecule has 1 atom stereocenters. The van der Waals surface area contributed by atoms with Gasteiger partial charge in [0.1, 0.15) is 5.82 Å². The summed E-state index contributed by atoms with van der Waals surface area (Å²) in [6.45, 7) is 2.21. The van der Waals surface area contributed by atoms with E-state index in [4.69, 9.17) is 0 Å². The zero-order chi connectivity index (χ0) is 17.6. The van der Waals surface area contributed by atoms with Crippen molar-refractivity contribution in [2.75, 3.05) is 19.6 Å². The molecule has 138 valence electrons. The van der Waals surface area contributed by atoms with Gasteiger partial charge in [0.25, 0.3) is 0 Å². The van der Waals surface area contributed by atoms with Crippen molar-refractivity contribution in [3.63, 3.8) is 0 Å². The summed E-state index contributed by atoms with van der Waals surface area (Å²) in [5.41, 5.74) is 0.618. The molecule has 0 bridgehead atoms. The Hall–Kier alpha value is -1.46. The molecule has 2 aliphatic rings. The average molecular weight is 348 g/mol. The van der Waals surface area contributed by atoms with E-state index >= 15 is 0 Å². The van der Waals surface area contributed by atoms with Crippen molar-refractivity contribution in [2.24, 2.45) is 5.92 Å². The van der Waals surface area contributed by atoms with Gasteiger partial charge in [0.15, 0.2) is 0 Å². The number of β-amino-alcohol motifs (C(OH)–C–C–N with tert-alkyl or cyclic N) is 1. The summed E-state index contributed by atoms with van der Waals surface area (Å²) in [6.07, 6.45) is 6.82. The molecule has 0 spiro atoms. The van der Waals surface area contributed by atoms with E-state index in [9.17, 15) is 14.3 Å². The first-order valence-electron chi connectivity index (χ1n) is 9.58. The Kier molecular flexibility index (Phi) is 6.43. The lowest BCUT2D eigenvalue weighted by molar-refractivity contribution is -0.127. The number of rotatable bonds is 5. The topological polar surface area (TPSA) is 52.6 Å². The second kappa shape index (κ2) is 8.77. The molecule has 1 saturated carbocycles. The fourth-order valence-corrected chi connectivity index (χ4v) is 4.01. The lowest BCUT2D eigenvalue weighted by atomic mass is 9.88. The maximum Gasteiger partial charge on any atom is 0.223 e. The zero-order valence-electron chi connectivity index (χ0n) is 14.8. The molecule has 1 heterocycles. The number of benzene rings is 1. The molecule has 4 nitrogen and oxygen atoms in total. The number of aliphatic hydroxyl groups is 1. The molecular weight excluding hydrogens is 319 g/mol. The highest BCUT2D eigenvalue weighted by Gasteiger charge is 2.26. The number of hydrogen-bond acceptors (Lipinski definition) is 3. The number of carbonyl (C=O) groups is 1. The smallest absolute Gasteiger partial charge is 0.223 e. The van der Waals surface area contributed by atoms with Gasteiger partial charge in [-0.25, -0.2) is 4.39 Å². The van der Waals surface area contributed by atoms with Gasteiger partial charge in [-0.15, -0.1) is 0 Å². The van der Waals surface area contributed by atoms with Crippen LogP contribution in [-0.2, 0) is 4.79 Å². The van der Waals surface area contributed by atoms with E-state index in [1.165, 1.54) is 31.4 Å². The van der Waals surface area contributed by atoms with Gasteiger partial charge in [-0.3, -0.25) is 4.79 Å². The number of likely N-dealkylation sites (tertiary alicyclic amines) is 1. The number of halogens is 1. The molecule has 2 N–H and O–H groups in total. The summed E-state index contributed by atoms with van der Waals surface area (Å²) >= 11 is 0. The van der Waals surface area contributed by atoms with Gasteiger partial charge in [-0.2, -0.15) is 0 Å². The molecular formula is C20H29FN2O2. The summed E-state index contributed by atoms with van der Waals surface area (Å²) in [5, 5.41) is 13.5. The van der Waals surface area contributed by atoms with E-state index in [0.717, 1.165) is 38.8 Å². The van der Waals surface area contributed by atoms with Crippen LogP contribution in [0.1, 0.15) is 56.6 Å². The van der Waals surface area contributed by atoms with Crippen LogP contribution in [0.2, 0.25) is 0 Å². The van der Waals surface area contributed by atoms with Gasteiger partial charge in [0, 0.05) is 31.6 Å². The van der Waals surface area contributed by atoms with E-state index in [-0.39, 0.29) is 23.7 Å². The van der Waals surface area contributed by atoms with Crippen LogP contribution in [0.3, 0.4) is 0 Å². The lowest BCUT2D eigenvalue weighted by Gasteiger charge is -2.34. The summed E-state index contributed by atoms with van der Waals surface area (Å²) in [5.74, 6) is 0.125. The Bertz CT molecular complexity index is 567. The summed E-state index contributed by atoms with van der Waals surface area (Å²) in [7, 11) is 0. The highest BCUT2D eigenvalue weighted by atomic mass is 19.1. The Labute approximate surface area is 149 Å². The molecule has 0 radical (unpaired) electrons. The monoisotopic (exact) mass is 348 g/mol. The molecule has 5 heteroatoms. The van der Waals surface area contributed by atoms with Crippen LogP contribution in [0, 0.1) is 11.7 Å². The molecule has 1 aromatic rings. The first kappa shape index (κ1) is 18.3. The maximum atomic E-state index is 13.3. The van der Waals surface area contributed by atoms with Crippen LogP contribution in [0.4, 0.5) is 4.39 Å². The van der Waals surface area contributed by atoms with Crippen molar-refractivity contribution >= 4 is 5.91 Å². The molecule has 1 amide bonds. The second-order valence-electron chi connectivity index (χ2n) is 7.49. The van der Waals surface area contributed by atoms with Crippen LogP contribution in [0.15, 0.2) is 24.3 Å². The predicted molar refractivity (Wildman–Crippen MR) is 95.5 cm³/mol. The molecule has 1 aliphatic heterocycles. The quantitative estimate of drug-likeness (QED) is 0.860. The van der Waals surface area contributed by atoms with Crippen LogP contribution in [0.5, 0.6) is 0 Å². The van der Waals surface area contributed by atoms with E-state index in [2.05, 4.69) is 10.2 Å². The lowest BCUT2D eigenvalue weighted by Crippen LogP contribution is -2.47. The third-order valence-corrected chi connectivity index (χ3v) is 5.57. The number of nitrogens with zero attached hydrogens (tertiary/aromatic N) is 1. The molecule has 1 aromatic carbocycles. The Morgan fingerprint density at radius 2 is 1.92 bits per heavy atom. The van der Waals surface area contributed by atoms with Gasteiger partial charge in [0.05, 0.1) is 6.10 Å². The molecule has 1 unspecified atom stereocenters. The fourth-order valence-electron chi connectivity index (χ4n) is 4.01. The summed E-state index contributed by atoms with van der Waals surface area (Å²) in [4.78, 5) is 14.5. The number of amides is 1. The van der Waals surface area contributed by atoms with Crippen molar-refractivity contribution in [3.8, 4) is 0 Å². The second-order valence-corrected chi connectivity index (χ2v) is 7.49. The highest BCUT2D eigenvalue weighted by Crippen LogP contribution is 2.24. The van der Waals surface area contributed by atoms with Gasteiger partial charge in [0.2, 0.25) is 5.91 Å². The van der Waals surface area contributed by atoms with Gasteiger partial charge in [-0.1, -0.05) is 31.4 Å². The molecule has 2 fully saturated rings. The third-order valence-electron chi connectivity index (χ3n) is 5.57. The Balaban J connectivity index is 1.41. The maximum absolute atomic E-state index is 13.3. The van der Waals surface area contributed by atoms with Crippen molar-refractivity contribution < 1.29 is 14.3 Å². The average Bonchev–Trinajstić information content (AvgIpc) is 2.64. The largest absolute Gasteiger partial charge is 0.387 e. The summed E-state index contributed by atoms with van der Waals surface area (Å²) in [6, 6.07) is 6.40. The molecule has 25 heavy (non-hydrogen) atoms. The molecule has 1 aliphatic carbocycles. The van der Waals surface area contributed by atoms with Crippen molar-refractivity contribution in [1.29, 1.82) is 0 Å². The molecule has 0 aromatic heterocycles. The van der Waals surface area contributed by atoms with Crippen molar-refractivity contribution in [2.45, 2.75) is 57.1 Å². The minimum atomic E-state index is -0.677. The van der Waals surface area contributed by atoms with Crippen LogP contribution < -0.4 is 5.32 Å². The van der Waals surface area contributed by atoms with Crippen LogP contribution >= 0.6 is 0 Å².